The molecule has 0 radical (unpaired) electrons. The molecule has 0 aromatic heterocycles. The van der Waals surface area contributed by atoms with Crippen LogP contribution in [0.25, 0.3) is 0 Å². The SMILES string of the molecule is COCC(C)CNc1cccc(F)c1. The number of hydrogen-bond donors (Lipinski definition) is 1. The van der Waals surface area contributed by atoms with Crippen LogP contribution in [0, 0.1) is 11.7 Å². The van der Waals surface area contributed by atoms with E-state index in [1.54, 1.807) is 13.2 Å². The summed E-state index contributed by atoms with van der Waals surface area (Å²) in [5, 5.41) is 3.15. The molecule has 1 unspecified atom stereocenters. The van der Waals surface area contributed by atoms with Crippen molar-refractivity contribution in [1.29, 1.82) is 0 Å². The Hall–Kier alpha value is -1.09. The van der Waals surface area contributed by atoms with Crippen molar-refractivity contribution in [3.05, 3.63) is 30.1 Å². The first kappa shape index (κ1) is 11.0. The third-order valence-corrected chi connectivity index (χ3v) is 1.93. The quantitative estimate of drug-likeness (QED) is 0.783. The molecule has 1 atom stereocenters. The van der Waals surface area contributed by atoms with Gasteiger partial charge in [0.1, 0.15) is 5.82 Å². The maximum atomic E-state index is 12.8. The lowest BCUT2D eigenvalue weighted by Gasteiger charge is -2.12. The molecule has 78 valence electrons. The summed E-state index contributed by atoms with van der Waals surface area (Å²) < 4.78 is 17.8. The van der Waals surface area contributed by atoms with Gasteiger partial charge in [-0.25, -0.2) is 4.39 Å². The summed E-state index contributed by atoms with van der Waals surface area (Å²) in [5.41, 5.74) is 0.813. The summed E-state index contributed by atoms with van der Waals surface area (Å²) in [6.45, 7) is 3.58. The third-order valence-electron chi connectivity index (χ3n) is 1.93. The van der Waals surface area contributed by atoms with Crippen molar-refractivity contribution in [1.82, 2.24) is 0 Å². The van der Waals surface area contributed by atoms with Gasteiger partial charge in [-0.15, -0.1) is 0 Å². The molecule has 0 saturated heterocycles. The molecule has 0 fully saturated rings. The number of halogens is 1. The predicted octanol–water partition coefficient (Wildman–Crippen LogP) is 2.52. The van der Waals surface area contributed by atoms with Crippen molar-refractivity contribution >= 4 is 5.69 Å². The van der Waals surface area contributed by atoms with Gasteiger partial charge in [-0.3, -0.25) is 0 Å². The number of ether oxygens (including phenoxy) is 1. The van der Waals surface area contributed by atoms with Crippen molar-refractivity contribution < 1.29 is 9.13 Å². The topological polar surface area (TPSA) is 21.3 Å². The monoisotopic (exact) mass is 197 g/mol. The van der Waals surface area contributed by atoms with Crippen LogP contribution in [0.5, 0.6) is 0 Å². The highest BCUT2D eigenvalue weighted by Gasteiger charge is 2.01. The van der Waals surface area contributed by atoms with Crippen LogP contribution in [-0.2, 0) is 4.74 Å². The summed E-state index contributed by atoms with van der Waals surface area (Å²) in [5.74, 6) is 0.206. The smallest absolute Gasteiger partial charge is 0.125 e. The van der Waals surface area contributed by atoms with Crippen LogP contribution in [-0.4, -0.2) is 20.3 Å². The maximum absolute atomic E-state index is 12.8. The van der Waals surface area contributed by atoms with Gasteiger partial charge < -0.3 is 10.1 Å². The van der Waals surface area contributed by atoms with Crippen LogP contribution in [0.2, 0.25) is 0 Å². The average molecular weight is 197 g/mol. The van der Waals surface area contributed by atoms with Crippen LogP contribution >= 0.6 is 0 Å². The van der Waals surface area contributed by atoms with E-state index in [0.717, 1.165) is 12.2 Å². The van der Waals surface area contributed by atoms with Crippen molar-refractivity contribution in [2.24, 2.45) is 5.92 Å². The molecule has 2 nitrogen and oxygen atoms in total. The minimum Gasteiger partial charge on any atom is -0.385 e. The Labute approximate surface area is 84.1 Å². The van der Waals surface area contributed by atoms with Gasteiger partial charge in [0.2, 0.25) is 0 Å². The second-order valence-corrected chi connectivity index (χ2v) is 3.45. The van der Waals surface area contributed by atoms with Crippen molar-refractivity contribution in [3.63, 3.8) is 0 Å². The average Bonchev–Trinajstić information content (AvgIpc) is 2.15. The second kappa shape index (κ2) is 5.60. The number of rotatable bonds is 5. The Morgan fingerprint density at radius 3 is 2.93 bits per heavy atom. The van der Waals surface area contributed by atoms with Gasteiger partial charge in [0.15, 0.2) is 0 Å². The molecule has 0 amide bonds. The van der Waals surface area contributed by atoms with E-state index in [9.17, 15) is 4.39 Å². The predicted molar refractivity (Wildman–Crippen MR) is 55.9 cm³/mol. The molecule has 0 saturated carbocycles. The van der Waals surface area contributed by atoms with Crippen LogP contribution in [0.1, 0.15) is 6.92 Å². The molecule has 1 aromatic carbocycles. The second-order valence-electron chi connectivity index (χ2n) is 3.45. The van der Waals surface area contributed by atoms with Crippen molar-refractivity contribution in [2.45, 2.75) is 6.92 Å². The fraction of sp³-hybridized carbons (Fsp3) is 0.455. The Morgan fingerprint density at radius 2 is 2.29 bits per heavy atom. The van der Waals surface area contributed by atoms with Crippen LogP contribution in [0.4, 0.5) is 10.1 Å². The molecule has 0 aliphatic rings. The maximum Gasteiger partial charge on any atom is 0.125 e. The molecule has 3 heteroatoms. The minimum atomic E-state index is -0.214. The normalized spacial score (nSPS) is 12.5. The van der Waals surface area contributed by atoms with Gasteiger partial charge in [0, 0.05) is 19.3 Å². The van der Waals surface area contributed by atoms with E-state index in [0.29, 0.717) is 12.5 Å². The number of benzene rings is 1. The molecule has 14 heavy (non-hydrogen) atoms. The Balaban J connectivity index is 2.37. The zero-order chi connectivity index (χ0) is 10.4. The highest BCUT2D eigenvalue weighted by Crippen LogP contribution is 2.09. The lowest BCUT2D eigenvalue weighted by molar-refractivity contribution is 0.164. The summed E-state index contributed by atoms with van der Waals surface area (Å²) in [7, 11) is 1.68. The first-order valence-electron chi connectivity index (χ1n) is 4.70. The van der Waals surface area contributed by atoms with E-state index >= 15 is 0 Å². The fourth-order valence-corrected chi connectivity index (χ4v) is 1.23. The zero-order valence-corrected chi connectivity index (χ0v) is 8.59. The molecule has 0 aliphatic carbocycles. The van der Waals surface area contributed by atoms with E-state index in [4.69, 9.17) is 4.74 Å². The highest BCUT2D eigenvalue weighted by molar-refractivity contribution is 5.42. The van der Waals surface area contributed by atoms with Gasteiger partial charge in [-0.05, 0) is 24.1 Å². The molecule has 0 aliphatic heterocycles. The minimum absolute atomic E-state index is 0.214. The van der Waals surface area contributed by atoms with E-state index < -0.39 is 0 Å². The van der Waals surface area contributed by atoms with Gasteiger partial charge in [0.05, 0.1) is 6.61 Å². The molecule has 1 N–H and O–H groups in total. The van der Waals surface area contributed by atoms with Crippen LogP contribution < -0.4 is 5.32 Å². The van der Waals surface area contributed by atoms with Crippen LogP contribution in [0.15, 0.2) is 24.3 Å². The summed E-state index contributed by atoms with van der Waals surface area (Å²) in [4.78, 5) is 0. The number of hydrogen-bond acceptors (Lipinski definition) is 2. The zero-order valence-electron chi connectivity index (χ0n) is 8.59. The molecule has 1 rings (SSSR count). The highest BCUT2D eigenvalue weighted by atomic mass is 19.1. The Kier molecular flexibility index (Phi) is 4.40. The molecule has 0 spiro atoms. The summed E-state index contributed by atoms with van der Waals surface area (Å²) in [6, 6.07) is 6.46. The van der Waals surface area contributed by atoms with Gasteiger partial charge in [-0.2, -0.15) is 0 Å². The largest absolute Gasteiger partial charge is 0.385 e. The van der Waals surface area contributed by atoms with Crippen molar-refractivity contribution in [2.75, 3.05) is 25.6 Å². The molecule has 0 heterocycles. The lowest BCUT2D eigenvalue weighted by atomic mass is 10.2. The van der Waals surface area contributed by atoms with E-state index in [-0.39, 0.29) is 5.82 Å². The van der Waals surface area contributed by atoms with Gasteiger partial charge in [0.25, 0.3) is 0 Å². The number of nitrogens with one attached hydrogen (secondary N) is 1. The molecular weight excluding hydrogens is 181 g/mol. The Bertz CT molecular complexity index is 278. The van der Waals surface area contributed by atoms with E-state index in [1.165, 1.54) is 12.1 Å². The summed E-state index contributed by atoms with van der Waals surface area (Å²) >= 11 is 0. The van der Waals surface area contributed by atoms with Gasteiger partial charge in [-0.1, -0.05) is 13.0 Å². The van der Waals surface area contributed by atoms with Crippen LogP contribution in [0.3, 0.4) is 0 Å². The molecule has 0 bridgehead atoms. The Morgan fingerprint density at radius 1 is 1.50 bits per heavy atom. The first-order valence-corrected chi connectivity index (χ1v) is 4.70. The van der Waals surface area contributed by atoms with E-state index in [1.807, 2.05) is 6.07 Å². The summed E-state index contributed by atoms with van der Waals surface area (Å²) in [6.07, 6.45) is 0. The first-order chi connectivity index (χ1) is 6.72. The third kappa shape index (κ3) is 3.75. The fourth-order valence-electron chi connectivity index (χ4n) is 1.23. The number of anilines is 1. The van der Waals surface area contributed by atoms with E-state index in [2.05, 4.69) is 12.2 Å². The van der Waals surface area contributed by atoms with Crippen molar-refractivity contribution in [3.8, 4) is 0 Å². The number of methoxy groups -OCH3 is 1. The lowest BCUT2D eigenvalue weighted by Crippen LogP contribution is -2.15. The molecule has 1 aromatic rings. The van der Waals surface area contributed by atoms with Gasteiger partial charge >= 0.3 is 0 Å². The standard InChI is InChI=1S/C11H16FNO/c1-9(8-14-2)7-13-11-5-3-4-10(12)6-11/h3-6,9,13H,7-8H2,1-2H3. The molecular formula is C11H16FNO.